The molecule has 0 saturated heterocycles. The van der Waals surface area contributed by atoms with Crippen molar-refractivity contribution in [2.45, 2.75) is 65.2 Å². The fourth-order valence-corrected chi connectivity index (χ4v) is 1.35. The van der Waals surface area contributed by atoms with Gasteiger partial charge < -0.3 is 0 Å². The van der Waals surface area contributed by atoms with Gasteiger partial charge in [-0.05, 0) is 12.8 Å². The highest BCUT2D eigenvalue weighted by Crippen LogP contribution is 2.05. The number of carbonyl (C=O) groups is 2. The highest BCUT2D eigenvalue weighted by atomic mass is 16.2. The Labute approximate surface area is 95.4 Å². The van der Waals surface area contributed by atoms with Crippen LogP contribution in [0.5, 0.6) is 0 Å². The fourth-order valence-electron chi connectivity index (χ4n) is 1.35. The Morgan fingerprint density at radius 2 is 1.07 bits per heavy atom. The van der Waals surface area contributed by atoms with Gasteiger partial charge in [-0.3, -0.25) is 9.59 Å². The number of hydrogen-bond donors (Lipinski definition) is 0. The predicted molar refractivity (Wildman–Crippen MR) is 64.1 cm³/mol. The first-order valence-corrected chi connectivity index (χ1v) is 5.78. The van der Waals surface area contributed by atoms with E-state index in [-0.39, 0.29) is 20.0 Å². The van der Waals surface area contributed by atoms with Gasteiger partial charge in [0.15, 0.2) is 11.6 Å². The number of rotatable bonds is 9. The van der Waals surface area contributed by atoms with E-state index in [4.69, 9.17) is 0 Å². The maximum Gasteiger partial charge on any atom is 0.198 e. The van der Waals surface area contributed by atoms with Gasteiger partial charge in [-0.25, -0.2) is 0 Å². The van der Waals surface area contributed by atoms with Crippen molar-refractivity contribution in [2.75, 3.05) is 0 Å². The van der Waals surface area contributed by atoms with Gasteiger partial charge >= 0.3 is 0 Å². The highest BCUT2D eigenvalue weighted by Gasteiger charge is 2.11. The molecular formula is C12H22BO2. The van der Waals surface area contributed by atoms with Crippen LogP contribution in [0.25, 0.3) is 0 Å². The molecule has 0 aromatic heterocycles. The third-order valence-electron chi connectivity index (χ3n) is 2.33. The van der Waals surface area contributed by atoms with Gasteiger partial charge in [0, 0.05) is 21.3 Å². The second-order valence-electron chi connectivity index (χ2n) is 3.76. The zero-order valence-corrected chi connectivity index (χ0v) is 10.1. The number of hydrogen-bond acceptors (Lipinski definition) is 2. The van der Waals surface area contributed by atoms with Crippen LogP contribution in [0.4, 0.5) is 0 Å². The zero-order chi connectivity index (χ0) is 10.8. The lowest BCUT2D eigenvalue weighted by Gasteiger charge is -1.99. The topological polar surface area (TPSA) is 34.1 Å². The average molecular weight is 209 g/mol. The van der Waals surface area contributed by atoms with Gasteiger partial charge in [0.1, 0.15) is 0 Å². The van der Waals surface area contributed by atoms with Crippen molar-refractivity contribution in [3.63, 3.8) is 0 Å². The van der Waals surface area contributed by atoms with Gasteiger partial charge in [-0.1, -0.05) is 39.5 Å². The quantitative estimate of drug-likeness (QED) is 0.332. The molecule has 85 valence electrons. The molecule has 0 spiro atoms. The minimum atomic E-state index is -0.158. The molecule has 2 nitrogen and oxygen atoms in total. The molecule has 0 atom stereocenters. The molecule has 3 radical (unpaired) electrons. The monoisotopic (exact) mass is 209 g/mol. The molecule has 0 saturated carbocycles. The molecule has 0 amide bonds. The molecule has 0 rings (SSSR count). The van der Waals surface area contributed by atoms with Crippen molar-refractivity contribution in [1.29, 1.82) is 0 Å². The molecular weight excluding hydrogens is 187 g/mol. The summed E-state index contributed by atoms with van der Waals surface area (Å²) in [6.07, 6.45) is 6.94. The number of Topliss-reactive ketones (excluding diaryl/α,β-unsaturated/α-hetero) is 2. The van der Waals surface area contributed by atoms with Crippen molar-refractivity contribution in [1.82, 2.24) is 0 Å². The van der Waals surface area contributed by atoms with E-state index in [1.807, 2.05) is 0 Å². The first-order valence-electron chi connectivity index (χ1n) is 5.78. The van der Waals surface area contributed by atoms with E-state index in [1.54, 1.807) is 0 Å². The first kappa shape index (κ1) is 16.8. The summed E-state index contributed by atoms with van der Waals surface area (Å²) >= 11 is 0. The van der Waals surface area contributed by atoms with Gasteiger partial charge in [0.25, 0.3) is 0 Å². The van der Waals surface area contributed by atoms with Gasteiger partial charge in [-0.15, -0.1) is 0 Å². The van der Waals surface area contributed by atoms with Crippen LogP contribution in [0.15, 0.2) is 0 Å². The molecule has 0 heterocycles. The van der Waals surface area contributed by atoms with Crippen LogP contribution in [0, 0.1) is 0 Å². The lowest BCUT2D eigenvalue weighted by atomic mass is 10.0. The van der Waals surface area contributed by atoms with Gasteiger partial charge in [0.05, 0.1) is 0 Å². The molecule has 0 bridgehead atoms. The Morgan fingerprint density at radius 1 is 0.733 bits per heavy atom. The Balaban J connectivity index is 0. The summed E-state index contributed by atoms with van der Waals surface area (Å²) in [4.78, 5) is 22.5. The lowest BCUT2D eigenvalue weighted by Crippen LogP contribution is -2.13. The van der Waals surface area contributed by atoms with Crippen LogP contribution in [0.1, 0.15) is 65.2 Å². The first-order chi connectivity index (χ1) is 6.72. The Kier molecular flexibility index (Phi) is 12.9. The third kappa shape index (κ3) is 9.70. The smallest absolute Gasteiger partial charge is 0.198 e. The molecule has 0 aliphatic rings. The molecule has 0 aromatic carbocycles. The van der Waals surface area contributed by atoms with E-state index < -0.39 is 0 Å². The summed E-state index contributed by atoms with van der Waals surface area (Å²) in [7, 11) is 0. The molecule has 0 aliphatic carbocycles. The van der Waals surface area contributed by atoms with Crippen LogP contribution in [-0.4, -0.2) is 20.0 Å². The Bertz CT molecular complexity index is 158. The van der Waals surface area contributed by atoms with Crippen molar-refractivity contribution in [3.8, 4) is 0 Å². The van der Waals surface area contributed by atoms with Crippen LogP contribution < -0.4 is 0 Å². The summed E-state index contributed by atoms with van der Waals surface area (Å²) in [6, 6.07) is 0. The minimum absolute atomic E-state index is 0. The standard InChI is InChI=1S/C12H22O2.B/c1-3-5-7-9-11(13)12(14)10-8-6-4-2;/h3-10H2,1-2H3;. The largest absolute Gasteiger partial charge is 0.291 e. The molecule has 0 N–H and O–H groups in total. The summed E-state index contributed by atoms with van der Waals surface area (Å²) in [5, 5.41) is 0. The Hall–Kier alpha value is -0.595. The molecule has 0 aromatic rings. The van der Waals surface area contributed by atoms with E-state index in [2.05, 4.69) is 13.8 Å². The highest BCUT2D eigenvalue weighted by molar-refractivity contribution is 6.37. The summed E-state index contributed by atoms with van der Waals surface area (Å²) in [6.45, 7) is 4.18. The lowest BCUT2D eigenvalue weighted by molar-refractivity contribution is -0.136. The third-order valence-corrected chi connectivity index (χ3v) is 2.33. The van der Waals surface area contributed by atoms with E-state index in [9.17, 15) is 9.59 Å². The maximum atomic E-state index is 11.3. The molecule has 15 heavy (non-hydrogen) atoms. The van der Waals surface area contributed by atoms with E-state index in [1.165, 1.54) is 0 Å². The van der Waals surface area contributed by atoms with Crippen molar-refractivity contribution in [3.05, 3.63) is 0 Å². The summed E-state index contributed by atoms with van der Waals surface area (Å²) < 4.78 is 0. The number of carbonyl (C=O) groups excluding carboxylic acids is 2. The summed E-state index contributed by atoms with van der Waals surface area (Å²) in [5.74, 6) is -0.316. The van der Waals surface area contributed by atoms with Crippen LogP contribution in [0.3, 0.4) is 0 Å². The van der Waals surface area contributed by atoms with Crippen molar-refractivity contribution >= 4 is 20.0 Å². The van der Waals surface area contributed by atoms with E-state index >= 15 is 0 Å². The second-order valence-corrected chi connectivity index (χ2v) is 3.76. The minimum Gasteiger partial charge on any atom is -0.291 e. The normalized spacial score (nSPS) is 9.47. The summed E-state index contributed by atoms with van der Waals surface area (Å²) in [5.41, 5.74) is 0. The zero-order valence-electron chi connectivity index (χ0n) is 10.1. The number of ketones is 2. The van der Waals surface area contributed by atoms with Crippen LogP contribution in [-0.2, 0) is 9.59 Å². The second kappa shape index (κ2) is 11.5. The van der Waals surface area contributed by atoms with Gasteiger partial charge in [-0.2, -0.15) is 0 Å². The van der Waals surface area contributed by atoms with E-state index in [0.29, 0.717) is 12.8 Å². The van der Waals surface area contributed by atoms with Crippen LogP contribution in [0.2, 0.25) is 0 Å². The number of unbranched alkanes of at least 4 members (excludes halogenated alkanes) is 4. The van der Waals surface area contributed by atoms with Crippen molar-refractivity contribution < 1.29 is 9.59 Å². The van der Waals surface area contributed by atoms with Crippen LogP contribution >= 0.6 is 0 Å². The van der Waals surface area contributed by atoms with E-state index in [0.717, 1.165) is 38.5 Å². The molecule has 3 heteroatoms. The SMILES string of the molecule is CCCCCC(=O)C(=O)CCCCC.[B]. The van der Waals surface area contributed by atoms with Crippen molar-refractivity contribution in [2.24, 2.45) is 0 Å². The predicted octanol–water partition coefficient (Wildman–Crippen LogP) is 2.90. The molecule has 0 aliphatic heterocycles. The molecule has 0 fully saturated rings. The average Bonchev–Trinajstić information content (AvgIpc) is 2.18. The fraction of sp³-hybridized carbons (Fsp3) is 0.833. The van der Waals surface area contributed by atoms with Gasteiger partial charge in [0.2, 0.25) is 0 Å². The Morgan fingerprint density at radius 3 is 1.33 bits per heavy atom. The maximum absolute atomic E-state index is 11.3. The molecule has 0 unspecified atom stereocenters.